The first-order chi connectivity index (χ1) is 9.08. The number of anilines is 1. The summed E-state index contributed by atoms with van der Waals surface area (Å²) in [6, 6.07) is 9.39. The van der Waals surface area contributed by atoms with Crippen molar-refractivity contribution in [2.45, 2.75) is 12.7 Å². The topological polar surface area (TPSA) is 46.2 Å². The highest BCUT2D eigenvalue weighted by Gasteiger charge is 2.12. The Morgan fingerprint density at radius 1 is 1.32 bits per heavy atom. The molecule has 0 spiro atoms. The Morgan fingerprint density at radius 3 is 2.68 bits per heavy atom. The normalized spacial score (nSPS) is 12.1. The van der Waals surface area contributed by atoms with E-state index in [4.69, 9.17) is 0 Å². The zero-order valence-corrected chi connectivity index (χ0v) is 12.4. The monoisotopic (exact) mass is 293 g/mol. The van der Waals surface area contributed by atoms with Gasteiger partial charge in [0.05, 0.1) is 10.6 Å². The number of aryl methyl sites for hydroxylation is 1. The Balaban J connectivity index is 2.22. The smallest absolute Gasteiger partial charge is 0.266 e. The van der Waals surface area contributed by atoms with Crippen molar-refractivity contribution < 1.29 is 9.00 Å². The van der Waals surface area contributed by atoms with E-state index in [2.05, 4.69) is 5.32 Å². The van der Waals surface area contributed by atoms with Crippen LogP contribution >= 0.6 is 11.3 Å². The number of carbonyl (C=O) groups excluding carboxylic acids is 1. The molecule has 1 N–H and O–H groups in total. The van der Waals surface area contributed by atoms with Crippen LogP contribution in [0.25, 0.3) is 0 Å². The summed E-state index contributed by atoms with van der Waals surface area (Å²) in [5, 5.41) is 4.80. The minimum absolute atomic E-state index is 0.109. The van der Waals surface area contributed by atoms with E-state index in [9.17, 15) is 9.00 Å². The lowest BCUT2D eigenvalue weighted by molar-refractivity contribution is 0.103. The van der Waals surface area contributed by atoms with Gasteiger partial charge in [-0.15, -0.1) is 11.3 Å². The first-order valence-corrected chi connectivity index (χ1v) is 8.42. The molecule has 100 valence electrons. The molecule has 1 amide bonds. The third-order valence-corrected chi connectivity index (χ3v) is 4.43. The van der Waals surface area contributed by atoms with Gasteiger partial charge in [0.2, 0.25) is 0 Å². The molecule has 3 nitrogen and oxygen atoms in total. The molecule has 1 aromatic carbocycles. The average Bonchev–Trinajstić information content (AvgIpc) is 2.77. The molecule has 0 bridgehead atoms. The number of thiophene rings is 1. The van der Waals surface area contributed by atoms with Gasteiger partial charge >= 0.3 is 0 Å². The van der Waals surface area contributed by atoms with Crippen LogP contribution in [0, 0.1) is 6.92 Å². The summed E-state index contributed by atoms with van der Waals surface area (Å²) in [5.41, 5.74) is 2.60. The van der Waals surface area contributed by atoms with E-state index in [-0.39, 0.29) is 5.91 Å². The Bertz CT molecular complexity index is 619. The van der Waals surface area contributed by atoms with Gasteiger partial charge in [-0.2, -0.15) is 0 Å². The highest BCUT2D eigenvalue weighted by molar-refractivity contribution is 7.83. The Kier molecular flexibility index (Phi) is 4.50. The molecule has 2 aromatic rings. The van der Waals surface area contributed by atoms with Crippen molar-refractivity contribution in [1.29, 1.82) is 0 Å². The molecule has 1 unspecified atom stereocenters. The Morgan fingerprint density at radius 2 is 2.05 bits per heavy atom. The molecule has 1 aromatic heterocycles. The van der Waals surface area contributed by atoms with Crippen LogP contribution in [0.15, 0.2) is 35.7 Å². The lowest BCUT2D eigenvalue weighted by Crippen LogP contribution is -2.13. The van der Waals surface area contributed by atoms with E-state index in [1.54, 1.807) is 6.26 Å². The third kappa shape index (κ3) is 3.52. The first-order valence-electron chi connectivity index (χ1n) is 5.81. The van der Waals surface area contributed by atoms with Crippen molar-refractivity contribution in [1.82, 2.24) is 0 Å². The lowest BCUT2D eigenvalue weighted by atomic mass is 10.2. The van der Waals surface area contributed by atoms with Gasteiger partial charge < -0.3 is 5.32 Å². The molecule has 1 atom stereocenters. The van der Waals surface area contributed by atoms with Crippen molar-refractivity contribution in [2.24, 2.45) is 0 Å². The average molecular weight is 293 g/mol. The largest absolute Gasteiger partial charge is 0.321 e. The van der Waals surface area contributed by atoms with E-state index in [1.165, 1.54) is 11.3 Å². The molecule has 0 aliphatic heterocycles. The minimum Gasteiger partial charge on any atom is -0.321 e. The molecule has 1 heterocycles. The maximum Gasteiger partial charge on any atom is 0.266 e. The van der Waals surface area contributed by atoms with E-state index in [1.807, 2.05) is 42.6 Å². The molecule has 2 rings (SSSR count). The van der Waals surface area contributed by atoms with Gasteiger partial charge in [-0.1, -0.05) is 18.2 Å². The van der Waals surface area contributed by atoms with Crippen molar-refractivity contribution in [3.63, 3.8) is 0 Å². The molecule has 0 saturated carbocycles. The predicted molar refractivity (Wildman–Crippen MR) is 81.2 cm³/mol. The van der Waals surface area contributed by atoms with Gasteiger partial charge in [-0.25, -0.2) is 0 Å². The summed E-state index contributed by atoms with van der Waals surface area (Å²) < 4.78 is 11.3. The van der Waals surface area contributed by atoms with Gasteiger partial charge in [0, 0.05) is 22.7 Å². The molecule has 5 heteroatoms. The fourth-order valence-corrected chi connectivity index (χ4v) is 3.28. The van der Waals surface area contributed by atoms with Gasteiger partial charge in [-0.05, 0) is 35.6 Å². The van der Waals surface area contributed by atoms with Crippen molar-refractivity contribution in [2.75, 3.05) is 11.6 Å². The highest BCUT2D eigenvalue weighted by Crippen LogP contribution is 2.21. The SMILES string of the molecule is Cc1ccsc1C(=O)Nc1ccccc1CS(C)=O. The van der Waals surface area contributed by atoms with Crippen LogP contribution in [0.4, 0.5) is 5.69 Å². The van der Waals surface area contributed by atoms with Gasteiger partial charge in [-0.3, -0.25) is 9.00 Å². The highest BCUT2D eigenvalue weighted by atomic mass is 32.2. The predicted octanol–water partition coefficient (Wildman–Crippen LogP) is 3.19. The standard InChI is InChI=1S/C14H15NO2S2/c1-10-7-8-18-13(10)14(16)15-12-6-4-3-5-11(12)9-19(2)17/h3-8H,9H2,1-2H3,(H,15,16). The van der Waals surface area contributed by atoms with Gasteiger partial charge in [0.15, 0.2) is 0 Å². The zero-order valence-electron chi connectivity index (χ0n) is 10.8. The first kappa shape index (κ1) is 14.0. The maximum atomic E-state index is 12.2. The van der Waals surface area contributed by atoms with E-state index < -0.39 is 10.8 Å². The summed E-state index contributed by atoms with van der Waals surface area (Å²) in [4.78, 5) is 12.9. The molecular formula is C14H15NO2S2. The molecule has 0 aliphatic rings. The Hall–Kier alpha value is -1.46. The summed E-state index contributed by atoms with van der Waals surface area (Å²) in [7, 11) is -0.931. The molecule has 0 fully saturated rings. The maximum absolute atomic E-state index is 12.2. The van der Waals surface area contributed by atoms with Crippen LogP contribution in [-0.2, 0) is 16.6 Å². The summed E-state index contributed by atoms with van der Waals surface area (Å²) in [6.45, 7) is 1.92. The van der Waals surface area contributed by atoms with Crippen LogP contribution in [0.5, 0.6) is 0 Å². The van der Waals surface area contributed by atoms with Crippen molar-refractivity contribution in [3.05, 3.63) is 51.7 Å². The fraction of sp³-hybridized carbons (Fsp3) is 0.214. The number of hydrogen-bond acceptors (Lipinski definition) is 3. The summed E-state index contributed by atoms with van der Waals surface area (Å²) in [6.07, 6.45) is 1.65. The fourth-order valence-electron chi connectivity index (χ4n) is 1.77. The minimum atomic E-state index is -0.931. The van der Waals surface area contributed by atoms with Crippen LogP contribution in [0.3, 0.4) is 0 Å². The molecular weight excluding hydrogens is 278 g/mol. The van der Waals surface area contributed by atoms with Crippen LogP contribution in [0.1, 0.15) is 20.8 Å². The molecule has 19 heavy (non-hydrogen) atoms. The number of benzene rings is 1. The number of amides is 1. The van der Waals surface area contributed by atoms with E-state index in [0.29, 0.717) is 10.6 Å². The Labute approximate surface area is 119 Å². The van der Waals surface area contributed by atoms with Gasteiger partial charge in [0.1, 0.15) is 0 Å². The zero-order chi connectivity index (χ0) is 13.8. The molecule has 0 radical (unpaired) electrons. The molecule has 0 saturated heterocycles. The summed E-state index contributed by atoms with van der Waals surface area (Å²) >= 11 is 1.42. The van der Waals surface area contributed by atoms with Crippen molar-refractivity contribution in [3.8, 4) is 0 Å². The second-order valence-electron chi connectivity index (χ2n) is 4.26. The third-order valence-electron chi connectivity index (χ3n) is 2.69. The number of rotatable bonds is 4. The van der Waals surface area contributed by atoms with Crippen LogP contribution < -0.4 is 5.32 Å². The number of hydrogen-bond donors (Lipinski definition) is 1. The van der Waals surface area contributed by atoms with Crippen LogP contribution in [0.2, 0.25) is 0 Å². The summed E-state index contributed by atoms with van der Waals surface area (Å²) in [5.74, 6) is 0.335. The second-order valence-corrected chi connectivity index (χ2v) is 6.61. The van der Waals surface area contributed by atoms with E-state index in [0.717, 1.165) is 16.8 Å². The van der Waals surface area contributed by atoms with Crippen molar-refractivity contribution >= 4 is 33.7 Å². The number of para-hydroxylation sites is 1. The second kappa shape index (κ2) is 6.12. The quantitative estimate of drug-likeness (QED) is 0.941. The number of nitrogens with one attached hydrogen (secondary N) is 1. The number of carbonyl (C=O) groups is 1. The molecule has 0 aliphatic carbocycles. The van der Waals surface area contributed by atoms with E-state index >= 15 is 0 Å². The van der Waals surface area contributed by atoms with Crippen LogP contribution in [-0.4, -0.2) is 16.4 Å². The van der Waals surface area contributed by atoms with Gasteiger partial charge in [0.25, 0.3) is 5.91 Å². The lowest BCUT2D eigenvalue weighted by Gasteiger charge is -2.09.